The van der Waals surface area contributed by atoms with Gasteiger partial charge in [-0.1, -0.05) is 6.07 Å². The molecule has 0 saturated heterocycles. The van der Waals surface area contributed by atoms with Crippen LogP contribution >= 0.6 is 0 Å². The summed E-state index contributed by atoms with van der Waals surface area (Å²) >= 11 is 0. The van der Waals surface area contributed by atoms with Crippen molar-refractivity contribution in [1.82, 2.24) is 4.57 Å². The fraction of sp³-hybridized carbons (Fsp3) is 0.143. The molecule has 0 spiro atoms. The number of hydrogen-bond acceptors (Lipinski definition) is 5. The lowest BCUT2D eigenvalue weighted by Gasteiger charge is -2.14. The smallest absolute Gasteiger partial charge is 0.464 e. The molecule has 0 amide bonds. The van der Waals surface area contributed by atoms with E-state index >= 15 is 0 Å². The first-order chi connectivity index (χ1) is 11.2. The molecule has 1 aromatic carbocycles. The molecular weight excluding hydrogens is 334 g/mol. The summed E-state index contributed by atoms with van der Waals surface area (Å²) in [6.07, 6.45) is -4.09. The topological polar surface area (TPSA) is 90.3 Å². The van der Waals surface area contributed by atoms with E-state index in [1.165, 1.54) is 0 Å². The molecule has 0 aliphatic heterocycles. The molecular formula is C14H9F4N3O3. The summed E-state index contributed by atoms with van der Waals surface area (Å²) in [6, 6.07) is 4.63. The average molecular weight is 343 g/mol. The molecule has 24 heavy (non-hydrogen) atoms. The standard InChI is InChI=1S/C14H9F4N3O3/c1-23-13(22)12-11(20)7(5-19)6-21(12)8-3-2-4-9(10(8)15)24-14(16,17)18/h2-4,6H,20H2,1H3. The minimum atomic E-state index is -5.10. The van der Waals surface area contributed by atoms with E-state index in [0.717, 1.165) is 36.1 Å². The number of nitriles is 1. The summed E-state index contributed by atoms with van der Waals surface area (Å²) in [5.41, 5.74) is 4.33. The van der Waals surface area contributed by atoms with Crippen molar-refractivity contribution < 1.29 is 31.8 Å². The van der Waals surface area contributed by atoms with Crippen molar-refractivity contribution in [3.63, 3.8) is 0 Å². The van der Waals surface area contributed by atoms with Gasteiger partial charge in [-0.15, -0.1) is 13.2 Å². The minimum absolute atomic E-state index is 0.169. The van der Waals surface area contributed by atoms with E-state index in [0.29, 0.717) is 0 Å². The lowest BCUT2D eigenvalue weighted by Crippen LogP contribution is -2.19. The maximum Gasteiger partial charge on any atom is 0.573 e. The van der Waals surface area contributed by atoms with Crippen LogP contribution in [0.15, 0.2) is 24.4 Å². The Labute approximate surface area is 132 Å². The van der Waals surface area contributed by atoms with Crippen LogP contribution in [0.5, 0.6) is 5.75 Å². The Bertz CT molecular complexity index is 837. The van der Waals surface area contributed by atoms with Crippen molar-refractivity contribution in [2.45, 2.75) is 6.36 Å². The third-order valence-electron chi connectivity index (χ3n) is 2.97. The van der Waals surface area contributed by atoms with Gasteiger partial charge in [0.1, 0.15) is 6.07 Å². The molecule has 0 radical (unpaired) electrons. The molecule has 0 fully saturated rings. The largest absolute Gasteiger partial charge is 0.573 e. The highest BCUT2D eigenvalue weighted by molar-refractivity contribution is 5.96. The number of rotatable bonds is 3. The number of nitrogen functional groups attached to an aromatic ring is 1. The molecule has 0 aliphatic rings. The lowest BCUT2D eigenvalue weighted by atomic mass is 10.2. The van der Waals surface area contributed by atoms with Crippen LogP contribution in [0.25, 0.3) is 5.69 Å². The normalized spacial score (nSPS) is 11.0. The summed E-state index contributed by atoms with van der Waals surface area (Å²) in [7, 11) is 1.03. The maximum atomic E-state index is 14.4. The van der Waals surface area contributed by atoms with Gasteiger partial charge < -0.3 is 19.8 Å². The molecule has 0 unspecified atom stereocenters. The monoisotopic (exact) mass is 343 g/mol. The molecule has 1 heterocycles. The second kappa shape index (κ2) is 6.11. The Morgan fingerprint density at radius 1 is 1.38 bits per heavy atom. The van der Waals surface area contributed by atoms with E-state index in [4.69, 9.17) is 11.0 Å². The van der Waals surface area contributed by atoms with E-state index in [1.54, 1.807) is 6.07 Å². The van der Waals surface area contributed by atoms with Gasteiger partial charge in [0.25, 0.3) is 0 Å². The van der Waals surface area contributed by atoms with Crippen molar-refractivity contribution in [3.8, 4) is 17.5 Å². The predicted molar refractivity (Wildman–Crippen MR) is 72.9 cm³/mol. The van der Waals surface area contributed by atoms with Crippen molar-refractivity contribution >= 4 is 11.7 Å². The second-order valence-electron chi connectivity index (χ2n) is 4.42. The highest BCUT2D eigenvalue weighted by atomic mass is 19.4. The molecule has 2 aromatic rings. The Kier molecular flexibility index (Phi) is 4.37. The van der Waals surface area contributed by atoms with Gasteiger partial charge in [-0.3, -0.25) is 0 Å². The predicted octanol–water partition coefficient (Wildman–Crippen LogP) is 2.76. The van der Waals surface area contributed by atoms with E-state index in [-0.39, 0.29) is 11.3 Å². The summed E-state index contributed by atoms with van der Waals surface area (Å²) in [5.74, 6) is -3.48. The molecule has 126 valence electrons. The summed E-state index contributed by atoms with van der Waals surface area (Å²) < 4.78 is 60.2. The number of benzene rings is 1. The molecule has 0 aliphatic carbocycles. The van der Waals surface area contributed by atoms with E-state index in [9.17, 15) is 22.4 Å². The SMILES string of the molecule is COC(=O)c1c(N)c(C#N)cn1-c1cccc(OC(F)(F)F)c1F. The van der Waals surface area contributed by atoms with Gasteiger partial charge in [0.2, 0.25) is 0 Å². The number of ether oxygens (including phenoxy) is 2. The van der Waals surface area contributed by atoms with Gasteiger partial charge in [-0.05, 0) is 12.1 Å². The molecule has 1 aromatic heterocycles. The molecule has 2 rings (SSSR count). The van der Waals surface area contributed by atoms with Crippen LogP contribution in [0.4, 0.5) is 23.2 Å². The third-order valence-corrected chi connectivity index (χ3v) is 2.97. The van der Waals surface area contributed by atoms with Crippen LogP contribution in [-0.4, -0.2) is 24.0 Å². The Hall–Kier alpha value is -3.22. The van der Waals surface area contributed by atoms with Gasteiger partial charge in [0, 0.05) is 6.20 Å². The zero-order chi connectivity index (χ0) is 18.1. The number of alkyl halides is 3. The number of carbonyl (C=O) groups is 1. The van der Waals surface area contributed by atoms with E-state index in [1.807, 2.05) is 0 Å². The summed E-state index contributed by atoms with van der Waals surface area (Å²) in [5, 5.41) is 8.97. The number of esters is 1. The number of aromatic nitrogens is 1. The zero-order valence-electron chi connectivity index (χ0n) is 12.0. The van der Waals surface area contributed by atoms with Crippen LogP contribution in [-0.2, 0) is 4.74 Å². The first-order valence-electron chi connectivity index (χ1n) is 6.23. The summed E-state index contributed by atoms with van der Waals surface area (Å²) in [4.78, 5) is 11.8. The van der Waals surface area contributed by atoms with E-state index < -0.39 is 35.3 Å². The van der Waals surface area contributed by atoms with Gasteiger partial charge in [0.05, 0.1) is 24.0 Å². The number of hydrogen-bond donors (Lipinski definition) is 1. The number of nitrogens with zero attached hydrogens (tertiary/aromatic N) is 2. The number of halogens is 4. The fourth-order valence-corrected chi connectivity index (χ4v) is 1.99. The Morgan fingerprint density at radius 3 is 2.58 bits per heavy atom. The van der Waals surface area contributed by atoms with Crippen molar-refractivity contribution in [1.29, 1.82) is 5.26 Å². The van der Waals surface area contributed by atoms with Crippen LogP contribution in [0.2, 0.25) is 0 Å². The molecule has 0 bridgehead atoms. The van der Waals surface area contributed by atoms with Crippen LogP contribution in [0, 0.1) is 17.1 Å². The first-order valence-corrected chi connectivity index (χ1v) is 6.23. The van der Waals surface area contributed by atoms with Crippen molar-refractivity contribution in [2.75, 3.05) is 12.8 Å². The number of anilines is 1. The Morgan fingerprint density at radius 2 is 2.04 bits per heavy atom. The molecule has 6 nitrogen and oxygen atoms in total. The minimum Gasteiger partial charge on any atom is -0.464 e. The third kappa shape index (κ3) is 3.10. The van der Waals surface area contributed by atoms with Gasteiger partial charge in [-0.2, -0.15) is 5.26 Å². The lowest BCUT2D eigenvalue weighted by molar-refractivity contribution is -0.275. The number of methoxy groups -OCH3 is 1. The first kappa shape index (κ1) is 17.1. The number of nitrogens with two attached hydrogens (primary N) is 1. The van der Waals surface area contributed by atoms with Crippen LogP contribution in [0.1, 0.15) is 16.1 Å². The number of carbonyl (C=O) groups excluding carboxylic acids is 1. The highest BCUT2D eigenvalue weighted by Crippen LogP contribution is 2.32. The van der Waals surface area contributed by atoms with Gasteiger partial charge in [0.15, 0.2) is 17.3 Å². The zero-order valence-corrected chi connectivity index (χ0v) is 12.0. The van der Waals surface area contributed by atoms with Gasteiger partial charge in [-0.25, -0.2) is 9.18 Å². The maximum absolute atomic E-state index is 14.4. The molecule has 2 N–H and O–H groups in total. The summed E-state index contributed by atoms with van der Waals surface area (Å²) in [6.45, 7) is 0. The average Bonchev–Trinajstić information content (AvgIpc) is 2.84. The van der Waals surface area contributed by atoms with Crippen LogP contribution < -0.4 is 10.5 Å². The molecule has 0 saturated carbocycles. The fourth-order valence-electron chi connectivity index (χ4n) is 1.99. The molecule has 0 atom stereocenters. The second-order valence-corrected chi connectivity index (χ2v) is 4.42. The van der Waals surface area contributed by atoms with E-state index in [2.05, 4.69) is 9.47 Å². The highest BCUT2D eigenvalue weighted by Gasteiger charge is 2.33. The van der Waals surface area contributed by atoms with Crippen molar-refractivity contribution in [3.05, 3.63) is 41.5 Å². The van der Waals surface area contributed by atoms with Crippen molar-refractivity contribution in [2.24, 2.45) is 0 Å². The Balaban J connectivity index is 2.67. The van der Waals surface area contributed by atoms with Gasteiger partial charge >= 0.3 is 12.3 Å². The van der Waals surface area contributed by atoms with Crippen LogP contribution in [0.3, 0.4) is 0 Å². The molecule has 10 heteroatoms. The quantitative estimate of drug-likeness (QED) is 0.684.